The smallest absolute Gasteiger partial charge is 0.264 e. The van der Waals surface area contributed by atoms with E-state index in [4.69, 9.17) is 0 Å². The molecule has 0 radical (unpaired) electrons. The fourth-order valence-electron chi connectivity index (χ4n) is 4.02. The summed E-state index contributed by atoms with van der Waals surface area (Å²) in [7, 11) is -2.64. The molecule has 0 saturated heterocycles. The molecule has 0 spiro atoms. The fourth-order valence-corrected chi connectivity index (χ4v) is 5.43. The van der Waals surface area contributed by atoms with Crippen LogP contribution >= 0.6 is 0 Å². The van der Waals surface area contributed by atoms with Gasteiger partial charge in [0.25, 0.3) is 10.0 Å². The van der Waals surface area contributed by atoms with Gasteiger partial charge in [-0.25, -0.2) is 12.8 Å². The van der Waals surface area contributed by atoms with Crippen LogP contribution in [0.2, 0.25) is 0 Å². The minimum atomic E-state index is -4.12. The zero-order valence-electron chi connectivity index (χ0n) is 21.4. The molecule has 0 fully saturated rings. The summed E-state index contributed by atoms with van der Waals surface area (Å²) in [5, 5.41) is 2.58. The third-order valence-corrected chi connectivity index (χ3v) is 7.86. The molecule has 2 amide bonds. The fraction of sp³-hybridized carbons (Fsp3) is 0.286. The first-order valence-corrected chi connectivity index (χ1v) is 13.4. The summed E-state index contributed by atoms with van der Waals surface area (Å²) in [6, 6.07) is 18.1. The molecule has 7 nitrogen and oxygen atoms in total. The number of halogens is 1. The van der Waals surface area contributed by atoms with Crippen LogP contribution in [0.1, 0.15) is 30.0 Å². The molecule has 0 bridgehead atoms. The number of amides is 2. The Bertz CT molecular complexity index is 1340. The van der Waals surface area contributed by atoms with Crippen molar-refractivity contribution in [3.63, 3.8) is 0 Å². The molecule has 0 heterocycles. The van der Waals surface area contributed by atoms with Gasteiger partial charge in [0, 0.05) is 13.6 Å². The number of nitrogens with one attached hydrogen (secondary N) is 1. The molecule has 0 saturated carbocycles. The summed E-state index contributed by atoms with van der Waals surface area (Å²) < 4.78 is 42.1. The van der Waals surface area contributed by atoms with Gasteiger partial charge in [-0.3, -0.25) is 13.9 Å². The molecular formula is C28H32FN3O4S. The van der Waals surface area contributed by atoms with Gasteiger partial charge in [-0.15, -0.1) is 0 Å². The second-order valence-electron chi connectivity index (χ2n) is 8.85. The van der Waals surface area contributed by atoms with E-state index >= 15 is 0 Å². The van der Waals surface area contributed by atoms with Gasteiger partial charge >= 0.3 is 0 Å². The summed E-state index contributed by atoms with van der Waals surface area (Å²) in [6.45, 7) is 4.95. The monoisotopic (exact) mass is 525 g/mol. The highest BCUT2D eigenvalue weighted by Gasteiger charge is 2.33. The first-order valence-electron chi connectivity index (χ1n) is 12.0. The molecule has 196 valence electrons. The molecule has 0 aliphatic heterocycles. The number of carbonyl (C=O) groups is 2. The minimum absolute atomic E-state index is 0.0112. The number of aryl methyl sites for hydroxylation is 2. The lowest BCUT2D eigenvalue weighted by Crippen LogP contribution is -2.51. The first-order chi connectivity index (χ1) is 17.6. The van der Waals surface area contributed by atoms with E-state index in [1.54, 1.807) is 37.3 Å². The van der Waals surface area contributed by atoms with E-state index < -0.39 is 34.3 Å². The number of likely N-dealkylation sites (N-methyl/N-ethyl adjacent to an activating group) is 1. The Balaban J connectivity index is 2.05. The van der Waals surface area contributed by atoms with Crippen molar-refractivity contribution in [2.75, 3.05) is 17.9 Å². The summed E-state index contributed by atoms with van der Waals surface area (Å²) in [6.07, 6.45) is 0.307. The minimum Gasteiger partial charge on any atom is -0.357 e. The van der Waals surface area contributed by atoms with Crippen LogP contribution in [0.5, 0.6) is 0 Å². The average molecular weight is 526 g/mol. The normalized spacial score (nSPS) is 12.0. The quantitative estimate of drug-likeness (QED) is 0.430. The summed E-state index contributed by atoms with van der Waals surface area (Å²) in [5.74, 6) is -1.35. The highest BCUT2D eigenvalue weighted by atomic mass is 32.2. The number of rotatable bonds is 10. The Hall–Kier alpha value is -3.72. The Morgan fingerprint density at radius 3 is 2.16 bits per heavy atom. The average Bonchev–Trinajstić information content (AvgIpc) is 2.88. The lowest BCUT2D eigenvalue weighted by Gasteiger charge is -2.33. The zero-order chi connectivity index (χ0) is 27.2. The van der Waals surface area contributed by atoms with E-state index in [0.29, 0.717) is 17.7 Å². The zero-order valence-corrected chi connectivity index (χ0v) is 22.3. The Kier molecular flexibility index (Phi) is 9.04. The van der Waals surface area contributed by atoms with Crippen LogP contribution < -0.4 is 9.62 Å². The Morgan fingerprint density at radius 1 is 0.946 bits per heavy atom. The third-order valence-electron chi connectivity index (χ3n) is 6.08. The first kappa shape index (κ1) is 27.9. The van der Waals surface area contributed by atoms with E-state index in [1.807, 2.05) is 19.9 Å². The molecule has 3 aromatic carbocycles. The molecule has 1 N–H and O–H groups in total. The highest BCUT2D eigenvalue weighted by Crippen LogP contribution is 2.26. The SMILES string of the molecule is CCC(C(=O)NC)N(Cc1ccc(F)cc1)C(=O)CN(c1cccc(C)c1)S(=O)(=O)c1ccc(C)cc1. The lowest BCUT2D eigenvalue weighted by molar-refractivity contribution is -0.140. The number of anilines is 1. The highest BCUT2D eigenvalue weighted by molar-refractivity contribution is 7.92. The van der Waals surface area contributed by atoms with Crippen molar-refractivity contribution in [2.45, 2.75) is 44.7 Å². The predicted molar refractivity (Wildman–Crippen MR) is 142 cm³/mol. The topological polar surface area (TPSA) is 86.8 Å². The van der Waals surface area contributed by atoms with Gasteiger partial charge in [0.05, 0.1) is 10.6 Å². The molecule has 3 rings (SSSR count). The molecule has 0 aliphatic carbocycles. The van der Waals surface area contributed by atoms with Crippen LogP contribution in [0.3, 0.4) is 0 Å². The van der Waals surface area contributed by atoms with Crippen LogP contribution in [0.15, 0.2) is 77.7 Å². The Labute approximate surface area is 218 Å². The number of sulfonamides is 1. The van der Waals surface area contributed by atoms with Crippen molar-refractivity contribution in [3.05, 3.63) is 95.3 Å². The van der Waals surface area contributed by atoms with Crippen molar-refractivity contribution in [3.8, 4) is 0 Å². The third kappa shape index (κ3) is 6.74. The van der Waals surface area contributed by atoms with Crippen LogP contribution in [0, 0.1) is 19.7 Å². The molecule has 37 heavy (non-hydrogen) atoms. The Morgan fingerprint density at radius 2 is 1.59 bits per heavy atom. The number of hydrogen-bond acceptors (Lipinski definition) is 4. The standard InChI is InChI=1S/C28H32FN3O4S/c1-5-26(28(34)30-4)31(18-22-11-13-23(29)14-12-22)27(33)19-32(24-8-6-7-21(3)17-24)37(35,36)25-15-9-20(2)10-16-25/h6-17,26H,5,18-19H2,1-4H3,(H,30,34). The van der Waals surface area contributed by atoms with Crippen LogP contribution in [-0.2, 0) is 26.2 Å². The number of nitrogens with zero attached hydrogens (tertiary/aromatic N) is 2. The largest absolute Gasteiger partial charge is 0.357 e. The maximum absolute atomic E-state index is 13.8. The van der Waals surface area contributed by atoms with Crippen molar-refractivity contribution in [2.24, 2.45) is 0 Å². The lowest BCUT2D eigenvalue weighted by atomic mass is 10.1. The van der Waals surface area contributed by atoms with Crippen LogP contribution in [0.25, 0.3) is 0 Å². The van der Waals surface area contributed by atoms with Crippen molar-refractivity contribution in [1.82, 2.24) is 10.2 Å². The number of benzene rings is 3. The second kappa shape index (κ2) is 12.0. The van der Waals surface area contributed by atoms with Crippen molar-refractivity contribution >= 4 is 27.5 Å². The van der Waals surface area contributed by atoms with E-state index in [0.717, 1.165) is 15.4 Å². The molecule has 1 unspecified atom stereocenters. The molecule has 1 atom stereocenters. The van der Waals surface area contributed by atoms with E-state index in [-0.39, 0.29) is 17.3 Å². The van der Waals surface area contributed by atoms with Crippen molar-refractivity contribution < 1.29 is 22.4 Å². The van der Waals surface area contributed by atoms with Gasteiger partial charge in [-0.05, 0) is 67.8 Å². The maximum atomic E-state index is 13.8. The van der Waals surface area contributed by atoms with E-state index in [9.17, 15) is 22.4 Å². The second-order valence-corrected chi connectivity index (χ2v) is 10.7. The van der Waals surface area contributed by atoms with Gasteiger partial charge in [0.2, 0.25) is 11.8 Å². The van der Waals surface area contributed by atoms with Crippen LogP contribution in [0.4, 0.5) is 10.1 Å². The predicted octanol–water partition coefficient (Wildman–Crippen LogP) is 4.19. The maximum Gasteiger partial charge on any atom is 0.264 e. The number of hydrogen-bond donors (Lipinski definition) is 1. The van der Waals surface area contributed by atoms with Gasteiger partial charge in [0.15, 0.2) is 0 Å². The molecule has 3 aromatic rings. The summed E-state index contributed by atoms with van der Waals surface area (Å²) in [4.78, 5) is 27.9. The van der Waals surface area contributed by atoms with Gasteiger partial charge in [-0.1, -0.05) is 48.9 Å². The molecule has 0 aliphatic rings. The van der Waals surface area contributed by atoms with Crippen molar-refractivity contribution in [1.29, 1.82) is 0 Å². The van der Waals surface area contributed by atoms with Gasteiger partial charge in [0.1, 0.15) is 18.4 Å². The van der Waals surface area contributed by atoms with Gasteiger partial charge < -0.3 is 10.2 Å². The van der Waals surface area contributed by atoms with E-state index in [1.165, 1.54) is 48.3 Å². The molecule has 0 aromatic heterocycles. The summed E-state index contributed by atoms with van der Waals surface area (Å²) in [5.41, 5.74) is 2.68. The van der Waals surface area contributed by atoms with Gasteiger partial charge in [-0.2, -0.15) is 0 Å². The van der Waals surface area contributed by atoms with E-state index in [2.05, 4.69) is 5.32 Å². The van der Waals surface area contributed by atoms with Crippen LogP contribution in [-0.4, -0.2) is 44.8 Å². The number of carbonyl (C=O) groups excluding carboxylic acids is 2. The summed E-state index contributed by atoms with van der Waals surface area (Å²) >= 11 is 0. The molecular weight excluding hydrogens is 493 g/mol. The molecule has 9 heteroatoms.